The quantitative estimate of drug-likeness (QED) is 0.858. The lowest BCUT2D eigenvalue weighted by molar-refractivity contribution is 0.487. The van der Waals surface area contributed by atoms with Crippen molar-refractivity contribution in [3.63, 3.8) is 0 Å². The molecule has 0 saturated carbocycles. The van der Waals surface area contributed by atoms with Crippen molar-refractivity contribution in [3.05, 3.63) is 52.2 Å². The Labute approximate surface area is 120 Å². The number of nitrogens with zero attached hydrogens (tertiary/aromatic N) is 1. The molecule has 1 heterocycles. The average Bonchev–Trinajstić information content (AvgIpc) is 2.67. The molecule has 0 amide bonds. The van der Waals surface area contributed by atoms with Crippen LogP contribution < -0.4 is 0 Å². The van der Waals surface area contributed by atoms with Crippen molar-refractivity contribution in [2.24, 2.45) is 0 Å². The third-order valence-electron chi connectivity index (χ3n) is 3.05. The Morgan fingerprint density at radius 1 is 1.42 bits per heavy atom. The minimum absolute atomic E-state index is 0.105. The predicted molar refractivity (Wildman–Crippen MR) is 77.7 cm³/mol. The zero-order valence-corrected chi connectivity index (χ0v) is 12.7. The summed E-state index contributed by atoms with van der Waals surface area (Å²) in [4.78, 5) is 4.26. The number of aryl methyl sites for hydroxylation is 2. The summed E-state index contributed by atoms with van der Waals surface area (Å²) >= 11 is 5.95. The molecule has 0 aliphatic carbocycles. The van der Waals surface area contributed by atoms with E-state index in [0.29, 0.717) is 16.7 Å². The molecule has 2 rings (SSSR count). The van der Waals surface area contributed by atoms with Gasteiger partial charge in [0, 0.05) is 15.8 Å². The van der Waals surface area contributed by atoms with Gasteiger partial charge in [0.25, 0.3) is 0 Å². The highest BCUT2D eigenvalue weighted by Gasteiger charge is 2.17. The second-order valence-corrected chi connectivity index (χ2v) is 6.67. The fraction of sp³-hybridized carbons (Fsp3) is 0.357. The Kier molecular flexibility index (Phi) is 4.42. The molecule has 102 valence electrons. The molecule has 0 bridgehead atoms. The minimum Gasteiger partial charge on any atom is -0.445 e. The highest BCUT2D eigenvalue weighted by Crippen LogP contribution is 2.24. The van der Waals surface area contributed by atoms with Crippen LogP contribution in [0.5, 0.6) is 0 Å². The summed E-state index contributed by atoms with van der Waals surface area (Å²) in [7, 11) is -1.08. The Morgan fingerprint density at radius 3 is 2.74 bits per heavy atom. The van der Waals surface area contributed by atoms with Crippen molar-refractivity contribution >= 4 is 22.4 Å². The molecule has 0 saturated heterocycles. The van der Waals surface area contributed by atoms with Crippen molar-refractivity contribution in [1.29, 1.82) is 0 Å². The molecule has 2 aromatic rings. The average molecular weight is 298 g/mol. The van der Waals surface area contributed by atoms with Gasteiger partial charge in [-0.3, -0.25) is 4.21 Å². The van der Waals surface area contributed by atoms with Gasteiger partial charge in [0.2, 0.25) is 5.89 Å². The van der Waals surface area contributed by atoms with Gasteiger partial charge in [-0.2, -0.15) is 0 Å². The van der Waals surface area contributed by atoms with Crippen molar-refractivity contribution < 1.29 is 8.63 Å². The maximum absolute atomic E-state index is 12.3. The third-order valence-corrected chi connectivity index (χ3v) is 4.88. The molecule has 0 N–H and O–H groups in total. The molecule has 0 radical (unpaired) electrons. The number of rotatable bonds is 4. The number of oxazole rings is 1. The molecule has 1 aromatic heterocycles. The normalized spacial score (nSPS) is 14.3. The van der Waals surface area contributed by atoms with E-state index in [1.165, 1.54) is 0 Å². The largest absolute Gasteiger partial charge is 0.445 e. The molecule has 3 nitrogen and oxygen atoms in total. The smallest absolute Gasteiger partial charge is 0.207 e. The van der Waals surface area contributed by atoms with Crippen LogP contribution in [0, 0.1) is 13.8 Å². The summed E-state index contributed by atoms with van der Waals surface area (Å²) in [6.45, 7) is 5.66. The fourth-order valence-electron chi connectivity index (χ4n) is 1.76. The van der Waals surface area contributed by atoms with Gasteiger partial charge in [0.1, 0.15) is 11.5 Å². The molecular weight excluding hydrogens is 282 g/mol. The van der Waals surface area contributed by atoms with Gasteiger partial charge in [-0.05, 0) is 38.5 Å². The first-order chi connectivity index (χ1) is 8.97. The SMILES string of the molecule is Cc1nc(C[S@@](=O)[C@H](C)c2cccc(Cl)c2)oc1C. The molecule has 0 aliphatic heterocycles. The minimum atomic E-state index is -1.08. The van der Waals surface area contributed by atoms with Crippen LogP contribution in [0.25, 0.3) is 0 Å². The van der Waals surface area contributed by atoms with Gasteiger partial charge in [-0.15, -0.1) is 0 Å². The van der Waals surface area contributed by atoms with Crippen molar-refractivity contribution in [2.75, 3.05) is 0 Å². The van der Waals surface area contributed by atoms with Crippen LogP contribution in [0.1, 0.15) is 35.1 Å². The molecule has 19 heavy (non-hydrogen) atoms. The highest BCUT2D eigenvalue weighted by atomic mass is 35.5. The monoisotopic (exact) mass is 297 g/mol. The summed E-state index contributed by atoms with van der Waals surface area (Å²) in [5.74, 6) is 1.63. The van der Waals surface area contributed by atoms with E-state index in [2.05, 4.69) is 4.98 Å². The Morgan fingerprint density at radius 2 is 2.16 bits per heavy atom. The first-order valence-electron chi connectivity index (χ1n) is 6.03. The molecule has 5 heteroatoms. The summed E-state index contributed by atoms with van der Waals surface area (Å²) in [5.41, 5.74) is 1.81. The zero-order valence-electron chi connectivity index (χ0n) is 11.1. The van der Waals surface area contributed by atoms with Crippen LogP contribution in [0.15, 0.2) is 28.7 Å². The van der Waals surface area contributed by atoms with Crippen molar-refractivity contribution in [1.82, 2.24) is 4.98 Å². The van der Waals surface area contributed by atoms with Gasteiger partial charge in [-0.25, -0.2) is 4.98 Å². The lowest BCUT2D eigenvalue weighted by Gasteiger charge is -2.10. The number of benzene rings is 1. The predicted octanol–water partition coefficient (Wildman–Crippen LogP) is 3.95. The number of hydrogen-bond donors (Lipinski definition) is 0. The first-order valence-corrected chi connectivity index (χ1v) is 7.79. The second-order valence-electron chi connectivity index (χ2n) is 4.47. The summed E-state index contributed by atoms with van der Waals surface area (Å²) in [6, 6.07) is 7.45. The summed E-state index contributed by atoms with van der Waals surface area (Å²) < 4.78 is 17.8. The van der Waals surface area contributed by atoms with Crippen LogP contribution in [0.4, 0.5) is 0 Å². The molecule has 0 unspecified atom stereocenters. The number of halogens is 1. The van der Waals surface area contributed by atoms with Crippen molar-refractivity contribution in [2.45, 2.75) is 31.8 Å². The third kappa shape index (κ3) is 3.45. The molecule has 1 aromatic carbocycles. The Hall–Kier alpha value is -1.13. The molecule has 2 atom stereocenters. The Balaban J connectivity index is 2.11. The number of hydrogen-bond acceptors (Lipinski definition) is 3. The molecular formula is C14H16ClNO2S. The van der Waals surface area contributed by atoms with Gasteiger partial charge in [0.15, 0.2) is 0 Å². The van der Waals surface area contributed by atoms with E-state index in [0.717, 1.165) is 17.0 Å². The zero-order chi connectivity index (χ0) is 14.0. The second kappa shape index (κ2) is 5.88. The summed E-state index contributed by atoms with van der Waals surface area (Å²) in [5, 5.41) is 0.551. The Bertz CT molecular complexity index is 590. The van der Waals surface area contributed by atoms with Crippen LogP contribution in [0.3, 0.4) is 0 Å². The van der Waals surface area contributed by atoms with Gasteiger partial charge in [0.05, 0.1) is 10.9 Å². The van der Waals surface area contributed by atoms with E-state index in [1.807, 2.05) is 45.0 Å². The molecule has 0 aliphatic rings. The standard InChI is InChI=1S/C14H16ClNO2S/c1-9-10(2)18-14(16-9)8-19(17)11(3)12-5-4-6-13(15)7-12/h4-7,11H,8H2,1-3H3/t11-,19-/m1/s1. The maximum atomic E-state index is 12.3. The van der Waals surface area contributed by atoms with Gasteiger partial charge >= 0.3 is 0 Å². The molecule has 0 fully saturated rings. The van der Waals surface area contributed by atoms with E-state index in [1.54, 1.807) is 0 Å². The van der Waals surface area contributed by atoms with E-state index < -0.39 is 10.8 Å². The van der Waals surface area contributed by atoms with Crippen LogP contribution in [-0.4, -0.2) is 9.19 Å². The van der Waals surface area contributed by atoms with E-state index >= 15 is 0 Å². The van der Waals surface area contributed by atoms with Crippen LogP contribution >= 0.6 is 11.6 Å². The van der Waals surface area contributed by atoms with Gasteiger partial charge < -0.3 is 4.42 Å². The maximum Gasteiger partial charge on any atom is 0.207 e. The summed E-state index contributed by atoms with van der Waals surface area (Å²) in [6.07, 6.45) is 0. The number of aromatic nitrogens is 1. The molecule has 0 spiro atoms. The van der Waals surface area contributed by atoms with Crippen LogP contribution in [-0.2, 0) is 16.6 Å². The van der Waals surface area contributed by atoms with Gasteiger partial charge in [-0.1, -0.05) is 23.7 Å². The van der Waals surface area contributed by atoms with Crippen LogP contribution in [0.2, 0.25) is 5.02 Å². The topological polar surface area (TPSA) is 43.1 Å². The lowest BCUT2D eigenvalue weighted by atomic mass is 10.2. The first kappa shape index (κ1) is 14.3. The highest BCUT2D eigenvalue weighted by molar-refractivity contribution is 7.84. The van der Waals surface area contributed by atoms with Crippen molar-refractivity contribution in [3.8, 4) is 0 Å². The lowest BCUT2D eigenvalue weighted by Crippen LogP contribution is -2.05. The van der Waals surface area contributed by atoms with E-state index in [-0.39, 0.29) is 5.25 Å². The van der Waals surface area contributed by atoms with E-state index in [4.69, 9.17) is 16.0 Å². The van der Waals surface area contributed by atoms with E-state index in [9.17, 15) is 4.21 Å². The fourth-order valence-corrected chi connectivity index (χ4v) is 3.02.